The molecule has 3 heterocycles. The number of carbonyl (C=O) groups is 1. The number of aromatic nitrogens is 2. The summed E-state index contributed by atoms with van der Waals surface area (Å²) < 4.78 is 18.9. The molecule has 8 heteroatoms. The summed E-state index contributed by atoms with van der Waals surface area (Å²) in [4.78, 5) is 17.8. The van der Waals surface area contributed by atoms with Crippen LogP contribution < -0.4 is 4.74 Å². The minimum Gasteiger partial charge on any atom is -0.496 e. The van der Waals surface area contributed by atoms with Crippen molar-refractivity contribution in [1.29, 1.82) is 0 Å². The molecule has 0 unspecified atom stereocenters. The zero-order valence-electron chi connectivity index (χ0n) is 15.5. The number of nitrogens with one attached hydrogen (secondary N) is 1. The summed E-state index contributed by atoms with van der Waals surface area (Å²) >= 11 is 1.60. The lowest BCUT2D eigenvalue weighted by molar-refractivity contribution is 0.0621. The van der Waals surface area contributed by atoms with E-state index in [4.69, 9.17) is 4.74 Å². The van der Waals surface area contributed by atoms with Gasteiger partial charge in [0.1, 0.15) is 11.6 Å². The van der Waals surface area contributed by atoms with Gasteiger partial charge in [-0.1, -0.05) is 6.07 Å². The Kier molecular flexibility index (Phi) is 5.40. The van der Waals surface area contributed by atoms with Gasteiger partial charge in [-0.25, -0.2) is 4.39 Å². The largest absolute Gasteiger partial charge is 0.496 e. The molecule has 1 aliphatic heterocycles. The molecule has 3 aromatic rings. The highest BCUT2D eigenvalue weighted by atomic mass is 32.1. The van der Waals surface area contributed by atoms with Gasteiger partial charge in [-0.3, -0.25) is 14.8 Å². The normalized spacial score (nSPS) is 15.0. The van der Waals surface area contributed by atoms with Gasteiger partial charge < -0.3 is 9.64 Å². The lowest BCUT2D eigenvalue weighted by Gasteiger charge is -2.34. The van der Waals surface area contributed by atoms with Gasteiger partial charge in [0, 0.05) is 38.3 Å². The van der Waals surface area contributed by atoms with E-state index in [2.05, 4.69) is 15.1 Å². The van der Waals surface area contributed by atoms with E-state index in [1.54, 1.807) is 30.6 Å². The minimum atomic E-state index is -0.273. The lowest BCUT2D eigenvalue weighted by Crippen LogP contribution is -2.48. The van der Waals surface area contributed by atoms with E-state index in [1.807, 2.05) is 22.4 Å². The Morgan fingerprint density at radius 3 is 2.79 bits per heavy atom. The molecule has 28 heavy (non-hydrogen) atoms. The van der Waals surface area contributed by atoms with Gasteiger partial charge >= 0.3 is 0 Å². The minimum absolute atomic E-state index is 0.0676. The second kappa shape index (κ2) is 8.12. The molecule has 2 aromatic heterocycles. The Labute approximate surface area is 166 Å². The molecular formula is C20H21FN4O2S. The summed E-state index contributed by atoms with van der Waals surface area (Å²) in [5, 5.41) is 9.12. The molecule has 0 bridgehead atoms. The van der Waals surface area contributed by atoms with Crippen LogP contribution in [0.5, 0.6) is 5.75 Å². The van der Waals surface area contributed by atoms with Crippen molar-refractivity contribution < 1.29 is 13.9 Å². The first-order valence-corrected chi connectivity index (χ1v) is 9.95. The molecular weight excluding hydrogens is 379 g/mol. The summed E-state index contributed by atoms with van der Waals surface area (Å²) in [5.74, 6) is 0.337. The molecule has 0 saturated carbocycles. The van der Waals surface area contributed by atoms with E-state index >= 15 is 0 Å². The maximum atomic E-state index is 13.6. The van der Waals surface area contributed by atoms with Crippen molar-refractivity contribution in [2.45, 2.75) is 6.54 Å². The van der Waals surface area contributed by atoms with E-state index < -0.39 is 0 Å². The highest BCUT2D eigenvalue weighted by Gasteiger charge is 2.24. The number of amides is 1. The number of nitrogens with zero attached hydrogens (tertiary/aromatic N) is 3. The summed E-state index contributed by atoms with van der Waals surface area (Å²) in [6.07, 6.45) is 0. The van der Waals surface area contributed by atoms with Crippen LogP contribution in [0.4, 0.5) is 4.39 Å². The van der Waals surface area contributed by atoms with Crippen LogP contribution in [0.2, 0.25) is 0 Å². The Morgan fingerprint density at radius 2 is 2.07 bits per heavy atom. The SMILES string of the molecule is COc1ccc(F)cc1CN1CCN(C(=O)c2cc(-c3cccs3)[nH]n2)CC1. The fraction of sp³-hybridized carbons (Fsp3) is 0.300. The summed E-state index contributed by atoms with van der Waals surface area (Å²) in [6.45, 7) is 3.24. The topological polar surface area (TPSA) is 61.5 Å². The van der Waals surface area contributed by atoms with Gasteiger partial charge in [0.05, 0.1) is 17.7 Å². The number of hydrogen-bond acceptors (Lipinski definition) is 5. The quantitative estimate of drug-likeness (QED) is 0.714. The van der Waals surface area contributed by atoms with Crippen molar-refractivity contribution in [3.8, 4) is 16.3 Å². The first-order chi connectivity index (χ1) is 13.6. The number of halogens is 1. The van der Waals surface area contributed by atoms with E-state index in [0.29, 0.717) is 44.2 Å². The van der Waals surface area contributed by atoms with E-state index in [-0.39, 0.29) is 11.7 Å². The molecule has 4 rings (SSSR count). The molecule has 1 saturated heterocycles. The van der Waals surface area contributed by atoms with E-state index in [1.165, 1.54) is 12.1 Å². The first-order valence-electron chi connectivity index (χ1n) is 9.07. The predicted molar refractivity (Wildman–Crippen MR) is 106 cm³/mol. The fourth-order valence-corrected chi connectivity index (χ4v) is 4.06. The maximum absolute atomic E-state index is 13.6. The van der Waals surface area contributed by atoms with Crippen LogP contribution in [0, 0.1) is 5.82 Å². The van der Waals surface area contributed by atoms with E-state index in [0.717, 1.165) is 16.1 Å². The van der Waals surface area contributed by atoms with Gasteiger partial charge in [-0.2, -0.15) is 5.10 Å². The number of thiophene rings is 1. The number of carbonyl (C=O) groups excluding carboxylic acids is 1. The molecule has 1 aromatic carbocycles. The van der Waals surface area contributed by atoms with Crippen LogP contribution in [0.25, 0.3) is 10.6 Å². The molecule has 6 nitrogen and oxygen atoms in total. The number of aromatic amines is 1. The van der Waals surface area contributed by atoms with Crippen molar-refractivity contribution in [3.05, 3.63) is 58.9 Å². The number of H-pyrrole nitrogens is 1. The van der Waals surface area contributed by atoms with E-state index in [9.17, 15) is 9.18 Å². The van der Waals surface area contributed by atoms with Crippen molar-refractivity contribution in [3.63, 3.8) is 0 Å². The van der Waals surface area contributed by atoms with Crippen LogP contribution in [-0.4, -0.2) is 59.2 Å². The third kappa shape index (κ3) is 3.93. The molecule has 0 aliphatic carbocycles. The fourth-order valence-electron chi connectivity index (χ4n) is 3.37. The zero-order valence-corrected chi connectivity index (χ0v) is 16.3. The Bertz CT molecular complexity index is 949. The number of piperazine rings is 1. The molecule has 1 amide bonds. The van der Waals surface area contributed by atoms with Crippen LogP contribution in [0.15, 0.2) is 41.8 Å². The zero-order chi connectivity index (χ0) is 19.5. The van der Waals surface area contributed by atoms with Gasteiger partial charge in [-0.05, 0) is 35.7 Å². The van der Waals surface area contributed by atoms with Crippen LogP contribution in [-0.2, 0) is 6.54 Å². The van der Waals surface area contributed by atoms with Gasteiger partial charge in [0.15, 0.2) is 5.69 Å². The van der Waals surface area contributed by atoms with Crippen LogP contribution in [0.1, 0.15) is 16.1 Å². The number of methoxy groups -OCH3 is 1. The smallest absolute Gasteiger partial charge is 0.274 e. The maximum Gasteiger partial charge on any atom is 0.274 e. The monoisotopic (exact) mass is 400 g/mol. The Balaban J connectivity index is 1.36. The number of rotatable bonds is 5. The second-order valence-electron chi connectivity index (χ2n) is 6.67. The molecule has 1 aliphatic rings. The van der Waals surface area contributed by atoms with Crippen molar-refractivity contribution >= 4 is 17.2 Å². The third-order valence-electron chi connectivity index (χ3n) is 4.88. The standard InChI is InChI=1S/C20H21FN4O2S/c1-27-18-5-4-15(21)11-14(18)13-24-6-8-25(9-7-24)20(26)17-12-16(22-23-17)19-3-2-10-28-19/h2-5,10-12H,6-9,13H2,1H3,(H,22,23). The lowest BCUT2D eigenvalue weighted by atomic mass is 10.1. The molecule has 0 atom stereocenters. The summed E-state index contributed by atoms with van der Waals surface area (Å²) in [6, 6.07) is 10.3. The highest BCUT2D eigenvalue weighted by Crippen LogP contribution is 2.24. The molecule has 146 valence electrons. The highest BCUT2D eigenvalue weighted by molar-refractivity contribution is 7.13. The van der Waals surface area contributed by atoms with Gasteiger partial charge in [-0.15, -0.1) is 11.3 Å². The molecule has 1 N–H and O–H groups in total. The van der Waals surface area contributed by atoms with Gasteiger partial charge in [0.2, 0.25) is 0 Å². The van der Waals surface area contributed by atoms with Crippen molar-refractivity contribution in [2.24, 2.45) is 0 Å². The average Bonchev–Trinajstić information content (AvgIpc) is 3.40. The Hall–Kier alpha value is -2.71. The third-order valence-corrected chi connectivity index (χ3v) is 5.78. The van der Waals surface area contributed by atoms with Gasteiger partial charge in [0.25, 0.3) is 5.91 Å². The average molecular weight is 400 g/mol. The molecule has 0 spiro atoms. The number of benzene rings is 1. The molecule has 1 fully saturated rings. The van der Waals surface area contributed by atoms with Crippen LogP contribution in [0.3, 0.4) is 0 Å². The predicted octanol–water partition coefficient (Wildman–Crippen LogP) is 3.24. The van der Waals surface area contributed by atoms with Crippen molar-refractivity contribution in [1.82, 2.24) is 20.0 Å². The second-order valence-corrected chi connectivity index (χ2v) is 7.62. The summed E-state index contributed by atoms with van der Waals surface area (Å²) in [7, 11) is 1.58. The number of hydrogen-bond donors (Lipinski definition) is 1. The molecule has 0 radical (unpaired) electrons. The van der Waals surface area contributed by atoms with Crippen molar-refractivity contribution in [2.75, 3.05) is 33.3 Å². The summed E-state index contributed by atoms with van der Waals surface area (Å²) in [5.41, 5.74) is 2.11. The number of ether oxygens (including phenoxy) is 1. The first kappa shape index (κ1) is 18.6. The van der Waals surface area contributed by atoms with Crippen LogP contribution >= 0.6 is 11.3 Å². The Morgan fingerprint density at radius 1 is 1.25 bits per heavy atom.